The number of fused-ring (bicyclic) bond motifs is 5. The summed E-state index contributed by atoms with van der Waals surface area (Å²) in [7, 11) is 0. The molecular weight excluding hydrogens is 458 g/mol. The van der Waals surface area contributed by atoms with E-state index in [9.17, 15) is 15.0 Å². The smallest absolute Gasteiger partial charge is 0.137 e. The van der Waals surface area contributed by atoms with E-state index in [1.54, 1.807) is 12.1 Å². The predicted molar refractivity (Wildman–Crippen MR) is 140 cm³/mol. The largest absolute Gasteiger partial charge is 0.393 e. The van der Waals surface area contributed by atoms with Crippen molar-refractivity contribution in [3.63, 3.8) is 0 Å². The fraction of sp³-hybridized carbons (Fsp3) is 0.700. The van der Waals surface area contributed by atoms with Crippen LogP contribution in [0.15, 0.2) is 35.9 Å². The van der Waals surface area contributed by atoms with Crippen LogP contribution in [0.5, 0.6) is 0 Å². The fourth-order valence-electron chi connectivity index (χ4n) is 8.60. The molecule has 5 heteroatoms. The molecular formula is C30H42ClNO3. The molecule has 0 amide bonds. The van der Waals surface area contributed by atoms with Crippen molar-refractivity contribution in [2.75, 3.05) is 13.1 Å². The molecule has 1 aromatic rings. The minimum Gasteiger partial charge on any atom is -0.393 e. The number of halogens is 1. The van der Waals surface area contributed by atoms with Gasteiger partial charge in [-0.25, -0.2) is 0 Å². The van der Waals surface area contributed by atoms with Crippen LogP contribution >= 0.6 is 11.6 Å². The minimum atomic E-state index is -0.600. The number of carbonyl (C=O) groups is 1. The molecule has 35 heavy (non-hydrogen) atoms. The number of nitrogens with one attached hydrogen (secondary N) is 1. The number of carbonyl (C=O) groups excluding carboxylic acids is 1. The molecule has 0 saturated heterocycles. The molecule has 5 rings (SSSR count). The molecule has 0 spiro atoms. The molecule has 3 N–H and O–H groups in total. The quantitative estimate of drug-likeness (QED) is 0.324. The van der Waals surface area contributed by atoms with Gasteiger partial charge in [0.15, 0.2) is 0 Å². The number of hydrogen-bond donors (Lipinski definition) is 3. The molecule has 3 saturated carbocycles. The van der Waals surface area contributed by atoms with Crippen LogP contribution < -0.4 is 5.32 Å². The van der Waals surface area contributed by atoms with Gasteiger partial charge in [0.2, 0.25) is 0 Å². The predicted octanol–water partition coefficient (Wildman–Crippen LogP) is 5.86. The molecule has 1 aromatic carbocycles. The van der Waals surface area contributed by atoms with Crippen LogP contribution in [0.2, 0.25) is 5.02 Å². The number of ketones is 1. The lowest BCUT2D eigenvalue weighted by molar-refractivity contribution is -0.129. The summed E-state index contributed by atoms with van der Waals surface area (Å²) in [6.45, 7) is 5.92. The lowest BCUT2D eigenvalue weighted by Gasteiger charge is -2.58. The number of benzene rings is 1. The summed E-state index contributed by atoms with van der Waals surface area (Å²) >= 11 is 5.93. The third-order valence-corrected chi connectivity index (χ3v) is 10.9. The molecule has 8 atom stereocenters. The second-order valence-electron chi connectivity index (χ2n) is 12.3. The molecule has 0 aromatic heterocycles. The lowest BCUT2D eigenvalue weighted by atomic mass is 9.47. The van der Waals surface area contributed by atoms with Crippen molar-refractivity contribution in [3.05, 3.63) is 46.5 Å². The lowest BCUT2D eigenvalue weighted by Crippen LogP contribution is -2.51. The van der Waals surface area contributed by atoms with Gasteiger partial charge in [-0.15, -0.1) is 0 Å². The van der Waals surface area contributed by atoms with Crippen molar-refractivity contribution in [2.24, 2.45) is 34.5 Å². The number of allylic oxidation sites excluding steroid dienone is 1. The molecule has 8 unspecified atom stereocenters. The first kappa shape index (κ1) is 25.4. The Bertz CT molecular complexity index is 961. The van der Waals surface area contributed by atoms with E-state index in [1.165, 1.54) is 18.4 Å². The van der Waals surface area contributed by atoms with Crippen LogP contribution in [-0.4, -0.2) is 35.2 Å². The third-order valence-electron chi connectivity index (χ3n) is 10.6. The van der Waals surface area contributed by atoms with Gasteiger partial charge in [0.1, 0.15) is 5.78 Å². The summed E-state index contributed by atoms with van der Waals surface area (Å²) < 4.78 is 0. The molecule has 0 heterocycles. The number of Topliss-reactive ketones (excluding diaryl/α,β-unsaturated/α-hetero) is 1. The van der Waals surface area contributed by atoms with E-state index in [1.807, 2.05) is 12.1 Å². The maximum absolute atomic E-state index is 13.4. The number of aliphatic hydroxyl groups excluding tert-OH is 2. The highest BCUT2D eigenvalue weighted by Gasteiger charge is 2.59. The Balaban J connectivity index is 1.17. The molecule has 3 fully saturated rings. The van der Waals surface area contributed by atoms with Crippen molar-refractivity contribution in [3.8, 4) is 0 Å². The number of aliphatic hydroxyl groups is 2. The van der Waals surface area contributed by atoms with Gasteiger partial charge in [-0.1, -0.05) is 49.2 Å². The van der Waals surface area contributed by atoms with Crippen LogP contribution in [0.4, 0.5) is 0 Å². The topological polar surface area (TPSA) is 69.6 Å². The van der Waals surface area contributed by atoms with Crippen LogP contribution in [0, 0.1) is 34.5 Å². The van der Waals surface area contributed by atoms with Crippen molar-refractivity contribution in [1.82, 2.24) is 5.32 Å². The number of hydrogen-bond acceptors (Lipinski definition) is 4. The van der Waals surface area contributed by atoms with E-state index < -0.39 is 6.10 Å². The van der Waals surface area contributed by atoms with E-state index in [2.05, 4.69) is 25.2 Å². The maximum atomic E-state index is 13.4. The van der Waals surface area contributed by atoms with Gasteiger partial charge in [0.25, 0.3) is 0 Å². The molecule has 0 aliphatic heterocycles. The van der Waals surface area contributed by atoms with Gasteiger partial charge in [0.05, 0.1) is 12.2 Å². The molecule has 0 bridgehead atoms. The zero-order valence-electron chi connectivity index (χ0n) is 21.3. The Labute approximate surface area is 215 Å². The van der Waals surface area contributed by atoms with E-state index >= 15 is 0 Å². The molecule has 4 aliphatic rings. The summed E-state index contributed by atoms with van der Waals surface area (Å²) in [4.78, 5) is 13.4. The van der Waals surface area contributed by atoms with Crippen LogP contribution in [0.25, 0.3) is 0 Å². The average molecular weight is 500 g/mol. The Morgan fingerprint density at radius 1 is 1.11 bits per heavy atom. The Morgan fingerprint density at radius 2 is 1.89 bits per heavy atom. The summed E-state index contributed by atoms with van der Waals surface area (Å²) in [6.07, 6.45) is 10.9. The minimum absolute atomic E-state index is 0.122. The van der Waals surface area contributed by atoms with Gasteiger partial charge < -0.3 is 15.5 Å². The summed E-state index contributed by atoms with van der Waals surface area (Å²) in [5.41, 5.74) is 2.72. The van der Waals surface area contributed by atoms with Gasteiger partial charge in [-0.3, -0.25) is 4.79 Å². The van der Waals surface area contributed by atoms with Crippen LogP contribution in [0.1, 0.15) is 83.3 Å². The summed E-state index contributed by atoms with van der Waals surface area (Å²) in [6, 6.07) is 7.26. The Kier molecular flexibility index (Phi) is 7.22. The summed E-state index contributed by atoms with van der Waals surface area (Å²) in [5.74, 6) is 2.60. The van der Waals surface area contributed by atoms with E-state index in [4.69, 9.17) is 11.6 Å². The van der Waals surface area contributed by atoms with Crippen molar-refractivity contribution >= 4 is 17.4 Å². The maximum Gasteiger partial charge on any atom is 0.137 e. The highest BCUT2D eigenvalue weighted by molar-refractivity contribution is 6.30. The fourth-order valence-corrected chi connectivity index (χ4v) is 8.72. The average Bonchev–Trinajstić information content (AvgIpc) is 3.20. The van der Waals surface area contributed by atoms with Gasteiger partial charge in [-0.2, -0.15) is 0 Å². The molecule has 4 nitrogen and oxygen atoms in total. The second-order valence-corrected chi connectivity index (χ2v) is 12.8. The normalized spacial score (nSPS) is 39.2. The molecule has 192 valence electrons. The highest BCUT2D eigenvalue weighted by atomic mass is 35.5. The molecule has 0 radical (unpaired) electrons. The zero-order valence-corrected chi connectivity index (χ0v) is 22.1. The third kappa shape index (κ3) is 4.65. The monoisotopic (exact) mass is 499 g/mol. The van der Waals surface area contributed by atoms with Crippen LogP contribution in [-0.2, 0) is 4.79 Å². The zero-order chi connectivity index (χ0) is 24.8. The molecule has 4 aliphatic carbocycles. The summed E-state index contributed by atoms with van der Waals surface area (Å²) in [5, 5.41) is 24.6. The van der Waals surface area contributed by atoms with Crippen molar-refractivity contribution in [1.29, 1.82) is 0 Å². The first-order valence-corrected chi connectivity index (χ1v) is 14.1. The SMILES string of the molecule is CC12CCC(O)CC1=CCC1C2CCC2(C)C(C(=O)CCNCC(O)c3ccc(Cl)cc3)CCC12. The van der Waals surface area contributed by atoms with E-state index in [0.29, 0.717) is 48.1 Å². The van der Waals surface area contributed by atoms with Gasteiger partial charge >= 0.3 is 0 Å². The van der Waals surface area contributed by atoms with Gasteiger partial charge in [-0.05, 0) is 97.6 Å². The Hall–Kier alpha value is -1.20. The Morgan fingerprint density at radius 3 is 2.66 bits per heavy atom. The van der Waals surface area contributed by atoms with Crippen LogP contribution in [0.3, 0.4) is 0 Å². The van der Waals surface area contributed by atoms with E-state index in [0.717, 1.165) is 44.1 Å². The van der Waals surface area contributed by atoms with Crippen molar-refractivity contribution in [2.45, 2.75) is 83.8 Å². The first-order valence-electron chi connectivity index (χ1n) is 13.8. The first-order chi connectivity index (χ1) is 16.7. The highest BCUT2D eigenvalue weighted by Crippen LogP contribution is 2.66. The number of rotatable bonds is 7. The van der Waals surface area contributed by atoms with E-state index in [-0.39, 0.29) is 22.9 Å². The second kappa shape index (κ2) is 9.93. The standard InChI is InChI=1S/C30H42ClNO3/c1-29-14-11-22(33)17-20(29)5-8-23-24-9-10-26(30(24,2)15-12-25(23)29)27(34)13-16-32-18-28(35)19-3-6-21(31)7-4-19/h3-7,22-26,28,32-33,35H,8-18H2,1-2H3. The van der Waals surface area contributed by atoms with Crippen molar-refractivity contribution < 1.29 is 15.0 Å². The van der Waals surface area contributed by atoms with Gasteiger partial charge in [0, 0.05) is 30.5 Å².